The fraction of sp³-hybridized carbons (Fsp3) is 0.421. The molecule has 2 aromatic rings. The van der Waals surface area contributed by atoms with E-state index in [1.54, 1.807) is 14.2 Å². The molecule has 0 saturated carbocycles. The van der Waals surface area contributed by atoms with Gasteiger partial charge in [0.1, 0.15) is 19.6 Å². The molecule has 124 valence electrons. The lowest BCUT2D eigenvalue weighted by Gasteiger charge is -2.27. The molecule has 0 atom stereocenters. The van der Waals surface area contributed by atoms with E-state index in [0.29, 0.717) is 0 Å². The van der Waals surface area contributed by atoms with E-state index in [0.717, 1.165) is 22.6 Å². The normalized spacial score (nSPS) is 11.3. The highest BCUT2D eigenvalue weighted by Gasteiger charge is 2.30. The molecule has 4 heteroatoms. The van der Waals surface area contributed by atoms with E-state index in [-0.39, 0.29) is 0 Å². The molecule has 0 saturated heterocycles. The van der Waals surface area contributed by atoms with Gasteiger partial charge in [0, 0.05) is 28.7 Å². The molecule has 0 aliphatic rings. The van der Waals surface area contributed by atoms with Crippen molar-refractivity contribution in [3.05, 3.63) is 36.5 Å². The number of rotatable bonds is 7. The van der Waals surface area contributed by atoms with Gasteiger partial charge in [0.25, 0.3) is 0 Å². The van der Waals surface area contributed by atoms with Crippen LogP contribution in [0.25, 0.3) is 11.1 Å². The quantitative estimate of drug-likeness (QED) is 0.702. The first kappa shape index (κ1) is 17.5. The van der Waals surface area contributed by atoms with Crippen molar-refractivity contribution in [2.75, 3.05) is 14.2 Å². The summed E-state index contributed by atoms with van der Waals surface area (Å²) in [5, 5.41) is 1.32. The van der Waals surface area contributed by atoms with Gasteiger partial charge in [0.05, 0.1) is 14.2 Å². The van der Waals surface area contributed by atoms with Crippen LogP contribution in [0.15, 0.2) is 36.5 Å². The third kappa shape index (κ3) is 3.42. The molecular weight excluding hydrogens is 302 g/mol. The first-order valence-electron chi connectivity index (χ1n) is 8.33. The Hall–Kier alpha value is -1.81. The maximum absolute atomic E-state index is 5.50. The highest BCUT2D eigenvalue weighted by Crippen LogP contribution is 2.32. The molecule has 0 unspecified atom stereocenters. The summed E-state index contributed by atoms with van der Waals surface area (Å²) in [4.78, 5) is 4.83. The van der Waals surface area contributed by atoms with E-state index in [2.05, 4.69) is 32.9 Å². The Balaban J connectivity index is 2.40. The molecular formula is C19H27NO2Si. The molecule has 23 heavy (non-hydrogen) atoms. The maximum atomic E-state index is 5.50. The number of methoxy groups -OCH3 is 2. The van der Waals surface area contributed by atoms with Crippen molar-refractivity contribution in [2.24, 2.45) is 0 Å². The van der Waals surface area contributed by atoms with Crippen LogP contribution in [0.4, 0.5) is 0 Å². The number of nitrogens with zero attached hydrogens (tertiary/aromatic N) is 1. The molecule has 1 aromatic carbocycles. The lowest BCUT2D eigenvalue weighted by molar-refractivity contribution is 0.395. The minimum absolute atomic E-state index is 0.796. The lowest BCUT2D eigenvalue weighted by Crippen LogP contribution is -2.47. The fourth-order valence-electron chi connectivity index (χ4n) is 3.20. The van der Waals surface area contributed by atoms with Crippen molar-refractivity contribution in [1.29, 1.82) is 0 Å². The molecule has 0 radical (unpaired) electrons. The van der Waals surface area contributed by atoms with Crippen molar-refractivity contribution in [1.82, 2.24) is 4.98 Å². The van der Waals surface area contributed by atoms with Gasteiger partial charge in [-0.15, -0.1) is 0 Å². The average Bonchev–Trinajstić information content (AvgIpc) is 2.63. The van der Waals surface area contributed by atoms with Crippen molar-refractivity contribution < 1.29 is 9.47 Å². The van der Waals surface area contributed by atoms with E-state index in [1.165, 1.54) is 23.4 Å². The van der Waals surface area contributed by atoms with Crippen LogP contribution in [0.3, 0.4) is 0 Å². The second kappa shape index (κ2) is 7.64. The number of aromatic nitrogens is 1. The first-order chi connectivity index (χ1) is 11.1. The number of hydrogen-bond acceptors (Lipinski definition) is 3. The molecule has 0 N–H and O–H groups in total. The summed E-state index contributed by atoms with van der Waals surface area (Å²) < 4.78 is 10.8. The van der Waals surface area contributed by atoms with Gasteiger partial charge in [-0.1, -0.05) is 45.0 Å². The van der Waals surface area contributed by atoms with Gasteiger partial charge in [0.2, 0.25) is 0 Å². The SMILES string of the molecule is CC[Si](CC)(CC)c1ccc(-c2ccc(OC)cc2OC)cn1. The Labute approximate surface area is 140 Å². The zero-order valence-corrected chi connectivity index (χ0v) is 15.8. The lowest BCUT2D eigenvalue weighted by atomic mass is 10.1. The van der Waals surface area contributed by atoms with Gasteiger partial charge in [-0.25, -0.2) is 0 Å². The van der Waals surface area contributed by atoms with E-state index >= 15 is 0 Å². The Bertz CT molecular complexity index is 628. The predicted octanol–water partition coefficient (Wildman–Crippen LogP) is 4.48. The van der Waals surface area contributed by atoms with Crippen LogP contribution in [-0.4, -0.2) is 27.3 Å². The van der Waals surface area contributed by atoms with Gasteiger partial charge in [-0.3, -0.25) is 4.98 Å². The highest BCUT2D eigenvalue weighted by molar-refractivity contribution is 6.91. The molecule has 0 amide bonds. The Morgan fingerprint density at radius 3 is 2.09 bits per heavy atom. The maximum Gasteiger partial charge on any atom is 0.130 e. The summed E-state index contributed by atoms with van der Waals surface area (Å²) in [6.07, 6.45) is 1.99. The second-order valence-electron chi connectivity index (χ2n) is 5.84. The molecule has 2 rings (SSSR count). The van der Waals surface area contributed by atoms with Crippen LogP contribution in [0.5, 0.6) is 11.5 Å². The van der Waals surface area contributed by atoms with Crippen molar-refractivity contribution in [2.45, 2.75) is 38.9 Å². The van der Waals surface area contributed by atoms with Crippen LogP contribution in [0.1, 0.15) is 20.8 Å². The molecule has 0 fully saturated rings. The van der Waals surface area contributed by atoms with Crippen LogP contribution >= 0.6 is 0 Å². The largest absolute Gasteiger partial charge is 0.497 e. The van der Waals surface area contributed by atoms with Crippen LogP contribution in [-0.2, 0) is 0 Å². The number of ether oxygens (including phenoxy) is 2. The smallest absolute Gasteiger partial charge is 0.130 e. The van der Waals surface area contributed by atoms with Gasteiger partial charge >= 0.3 is 0 Å². The van der Waals surface area contributed by atoms with Crippen LogP contribution in [0, 0.1) is 0 Å². The molecule has 0 bridgehead atoms. The van der Waals surface area contributed by atoms with E-state index in [9.17, 15) is 0 Å². The summed E-state index contributed by atoms with van der Waals surface area (Å²) in [6, 6.07) is 14.0. The van der Waals surface area contributed by atoms with E-state index < -0.39 is 8.07 Å². The van der Waals surface area contributed by atoms with Crippen molar-refractivity contribution >= 4 is 13.4 Å². The summed E-state index contributed by atoms with van der Waals surface area (Å²) in [6.45, 7) is 6.92. The van der Waals surface area contributed by atoms with Gasteiger partial charge in [-0.05, 0) is 18.2 Å². The summed E-state index contributed by atoms with van der Waals surface area (Å²) in [7, 11) is 1.93. The Morgan fingerprint density at radius 2 is 1.61 bits per heavy atom. The third-order valence-electron chi connectivity index (χ3n) is 5.06. The average molecular weight is 330 g/mol. The molecule has 0 spiro atoms. The number of benzene rings is 1. The van der Waals surface area contributed by atoms with Crippen molar-refractivity contribution in [3.8, 4) is 22.6 Å². The highest BCUT2D eigenvalue weighted by atomic mass is 28.3. The Kier molecular flexibility index (Phi) is 5.83. The fourth-order valence-corrected chi connectivity index (χ4v) is 6.56. The van der Waals surface area contributed by atoms with Crippen LogP contribution < -0.4 is 14.8 Å². The van der Waals surface area contributed by atoms with Gasteiger partial charge in [-0.2, -0.15) is 0 Å². The standard InChI is InChI=1S/C19H27NO2Si/c1-6-23(7-2,8-3)19-12-9-15(14-20-19)17-11-10-16(21-4)13-18(17)22-5/h9-14H,6-8H2,1-5H3. The molecule has 1 aromatic heterocycles. The van der Waals surface area contributed by atoms with Crippen LogP contribution in [0.2, 0.25) is 18.1 Å². The number of pyridine rings is 1. The first-order valence-corrected chi connectivity index (χ1v) is 10.9. The zero-order valence-electron chi connectivity index (χ0n) is 14.8. The van der Waals surface area contributed by atoms with E-state index in [1.807, 2.05) is 24.4 Å². The molecule has 3 nitrogen and oxygen atoms in total. The summed E-state index contributed by atoms with van der Waals surface area (Å²) in [5.74, 6) is 1.61. The Morgan fingerprint density at radius 1 is 0.913 bits per heavy atom. The minimum Gasteiger partial charge on any atom is -0.497 e. The predicted molar refractivity (Wildman–Crippen MR) is 99.6 cm³/mol. The number of hydrogen-bond donors (Lipinski definition) is 0. The molecule has 0 aliphatic heterocycles. The van der Waals surface area contributed by atoms with E-state index in [4.69, 9.17) is 14.5 Å². The van der Waals surface area contributed by atoms with Crippen molar-refractivity contribution in [3.63, 3.8) is 0 Å². The zero-order chi connectivity index (χ0) is 16.9. The van der Waals surface area contributed by atoms with Gasteiger partial charge < -0.3 is 9.47 Å². The molecule has 1 heterocycles. The van der Waals surface area contributed by atoms with Gasteiger partial charge in [0.15, 0.2) is 0 Å². The second-order valence-corrected chi connectivity index (χ2v) is 11.0. The molecule has 0 aliphatic carbocycles. The monoisotopic (exact) mass is 329 g/mol. The summed E-state index contributed by atoms with van der Waals surface area (Å²) in [5.41, 5.74) is 2.13. The topological polar surface area (TPSA) is 31.4 Å². The minimum atomic E-state index is -1.42. The summed E-state index contributed by atoms with van der Waals surface area (Å²) >= 11 is 0. The third-order valence-corrected chi connectivity index (χ3v) is 10.5.